The summed E-state index contributed by atoms with van der Waals surface area (Å²) < 4.78 is 37.9. The van der Waals surface area contributed by atoms with Gasteiger partial charge >= 0.3 is 0 Å². The zero-order valence-electron chi connectivity index (χ0n) is 18.9. The van der Waals surface area contributed by atoms with Gasteiger partial charge in [-0.25, -0.2) is 13.9 Å². The van der Waals surface area contributed by atoms with E-state index in [1.54, 1.807) is 32.4 Å². The molecule has 0 unspecified atom stereocenters. The minimum absolute atomic E-state index is 0.288. The Balaban J connectivity index is 1.49. The van der Waals surface area contributed by atoms with Crippen molar-refractivity contribution in [1.82, 2.24) is 20.6 Å². The summed E-state index contributed by atoms with van der Waals surface area (Å²) >= 11 is 0. The Morgan fingerprint density at radius 3 is 2.40 bits per heavy atom. The number of ether oxygens (including phenoxy) is 2. The molecule has 4 aromatic rings. The van der Waals surface area contributed by atoms with Gasteiger partial charge in [0.2, 0.25) is 5.91 Å². The lowest BCUT2D eigenvalue weighted by Gasteiger charge is -2.17. The molecule has 0 atom stereocenters. The fourth-order valence-electron chi connectivity index (χ4n) is 4.16. The summed E-state index contributed by atoms with van der Waals surface area (Å²) in [5.74, 6) is -0.639. The fourth-order valence-corrected chi connectivity index (χ4v) is 4.16. The van der Waals surface area contributed by atoms with E-state index in [2.05, 4.69) is 25.9 Å². The highest BCUT2D eigenvalue weighted by atomic mass is 19.2. The van der Waals surface area contributed by atoms with Crippen LogP contribution in [0.4, 0.5) is 14.5 Å². The van der Waals surface area contributed by atoms with Crippen molar-refractivity contribution in [2.45, 2.75) is 18.3 Å². The summed E-state index contributed by atoms with van der Waals surface area (Å²) in [7, 11) is 3.12. The second-order valence-corrected chi connectivity index (χ2v) is 8.25. The number of nitrogens with zero attached hydrogens (tertiary/aromatic N) is 3. The van der Waals surface area contributed by atoms with Crippen LogP contribution in [0, 0.1) is 11.6 Å². The first-order chi connectivity index (χ1) is 16.9. The standard InChI is InChI=1S/C25H21F2N5O3/c1-34-21-8-3-14(11-22(21)35-2)17-6-5-16(13-18(17)23-29-31-32-30-23)28-24(33)25(9-10-25)15-4-7-19(26)20(27)12-15/h3-8,11-13H,9-10H2,1-2H3,(H,28,33)(H,29,30,31,32). The molecule has 1 saturated carbocycles. The van der Waals surface area contributed by atoms with Crippen molar-refractivity contribution in [2.24, 2.45) is 0 Å². The third-order valence-corrected chi connectivity index (χ3v) is 6.23. The normalized spacial score (nSPS) is 13.8. The van der Waals surface area contributed by atoms with E-state index < -0.39 is 17.0 Å². The number of anilines is 1. The van der Waals surface area contributed by atoms with Gasteiger partial charge in [0.15, 0.2) is 29.0 Å². The average Bonchev–Trinajstić information content (AvgIpc) is 3.51. The van der Waals surface area contributed by atoms with Gasteiger partial charge in [-0.2, -0.15) is 0 Å². The number of nitrogens with one attached hydrogen (secondary N) is 2. The van der Waals surface area contributed by atoms with E-state index in [-0.39, 0.29) is 5.91 Å². The van der Waals surface area contributed by atoms with Crippen LogP contribution in [-0.2, 0) is 10.2 Å². The molecule has 1 fully saturated rings. The summed E-state index contributed by atoms with van der Waals surface area (Å²) in [6.45, 7) is 0. The van der Waals surface area contributed by atoms with Gasteiger partial charge in [-0.1, -0.05) is 18.2 Å². The number of tetrazole rings is 1. The molecule has 5 rings (SSSR count). The number of rotatable bonds is 7. The summed E-state index contributed by atoms with van der Waals surface area (Å²) in [5.41, 5.74) is 2.36. The van der Waals surface area contributed by atoms with Crippen LogP contribution in [0.25, 0.3) is 22.5 Å². The number of methoxy groups -OCH3 is 2. The number of halogens is 2. The number of aromatic nitrogens is 4. The highest BCUT2D eigenvalue weighted by Gasteiger charge is 2.51. The maximum Gasteiger partial charge on any atom is 0.235 e. The van der Waals surface area contributed by atoms with Crippen LogP contribution in [0.3, 0.4) is 0 Å². The smallest absolute Gasteiger partial charge is 0.235 e. The molecule has 3 aromatic carbocycles. The van der Waals surface area contributed by atoms with Crippen LogP contribution < -0.4 is 14.8 Å². The van der Waals surface area contributed by atoms with E-state index in [9.17, 15) is 13.6 Å². The predicted octanol–water partition coefficient (Wildman–Crippen LogP) is 4.50. The van der Waals surface area contributed by atoms with E-state index >= 15 is 0 Å². The van der Waals surface area contributed by atoms with Crippen LogP contribution >= 0.6 is 0 Å². The number of aromatic amines is 1. The first-order valence-corrected chi connectivity index (χ1v) is 10.8. The zero-order valence-corrected chi connectivity index (χ0v) is 18.9. The molecule has 1 aliphatic rings. The molecule has 10 heteroatoms. The van der Waals surface area contributed by atoms with Crippen molar-refractivity contribution in [2.75, 3.05) is 19.5 Å². The first kappa shape index (κ1) is 22.5. The summed E-state index contributed by atoms with van der Waals surface area (Å²) in [6.07, 6.45) is 1.10. The maximum absolute atomic E-state index is 13.8. The molecule has 178 valence electrons. The minimum Gasteiger partial charge on any atom is -0.493 e. The van der Waals surface area contributed by atoms with Crippen molar-refractivity contribution >= 4 is 11.6 Å². The quantitative estimate of drug-likeness (QED) is 0.406. The molecular weight excluding hydrogens is 456 g/mol. The summed E-state index contributed by atoms with van der Waals surface area (Å²) in [5, 5.41) is 17.0. The Bertz CT molecular complexity index is 1400. The molecule has 1 heterocycles. The fraction of sp³-hybridized carbons (Fsp3) is 0.200. The topological polar surface area (TPSA) is 102 Å². The van der Waals surface area contributed by atoms with Gasteiger partial charge in [0.05, 0.1) is 19.6 Å². The van der Waals surface area contributed by atoms with Gasteiger partial charge in [-0.05, 0) is 76.4 Å². The largest absolute Gasteiger partial charge is 0.493 e. The molecule has 0 aliphatic heterocycles. The Labute approximate surface area is 199 Å². The SMILES string of the molecule is COc1ccc(-c2ccc(NC(=O)C3(c4ccc(F)c(F)c4)CC3)cc2-c2nnn[nH]2)cc1OC. The number of amides is 1. The highest BCUT2D eigenvalue weighted by Crippen LogP contribution is 2.49. The van der Waals surface area contributed by atoms with Crippen molar-refractivity contribution in [3.8, 4) is 34.0 Å². The van der Waals surface area contributed by atoms with Crippen molar-refractivity contribution in [3.05, 3.63) is 71.8 Å². The van der Waals surface area contributed by atoms with Gasteiger partial charge in [0, 0.05) is 11.3 Å². The van der Waals surface area contributed by atoms with Gasteiger partial charge in [0.25, 0.3) is 0 Å². The lowest BCUT2D eigenvalue weighted by atomic mass is 9.94. The van der Waals surface area contributed by atoms with Crippen molar-refractivity contribution < 1.29 is 23.0 Å². The third kappa shape index (κ3) is 4.07. The van der Waals surface area contributed by atoms with Crippen LogP contribution in [0.5, 0.6) is 11.5 Å². The molecule has 0 bridgehead atoms. The Morgan fingerprint density at radius 2 is 1.74 bits per heavy atom. The number of hydrogen-bond donors (Lipinski definition) is 2. The Kier molecular flexibility index (Phi) is 5.64. The van der Waals surface area contributed by atoms with Gasteiger partial charge in [0.1, 0.15) is 0 Å². The number of benzene rings is 3. The van der Waals surface area contributed by atoms with Crippen molar-refractivity contribution in [3.63, 3.8) is 0 Å². The lowest BCUT2D eigenvalue weighted by molar-refractivity contribution is -0.118. The predicted molar refractivity (Wildman–Crippen MR) is 124 cm³/mol. The van der Waals surface area contributed by atoms with Crippen LogP contribution in [0.1, 0.15) is 18.4 Å². The van der Waals surface area contributed by atoms with Gasteiger partial charge < -0.3 is 14.8 Å². The zero-order chi connectivity index (χ0) is 24.6. The first-order valence-electron chi connectivity index (χ1n) is 10.8. The average molecular weight is 477 g/mol. The van der Waals surface area contributed by atoms with E-state index in [1.165, 1.54) is 6.07 Å². The Hall–Kier alpha value is -4.34. The number of H-pyrrole nitrogens is 1. The van der Waals surface area contributed by atoms with E-state index in [4.69, 9.17) is 9.47 Å². The molecule has 0 radical (unpaired) electrons. The molecule has 8 nitrogen and oxygen atoms in total. The molecule has 0 spiro atoms. The van der Waals surface area contributed by atoms with E-state index in [0.717, 1.165) is 23.3 Å². The lowest BCUT2D eigenvalue weighted by Crippen LogP contribution is -2.28. The Morgan fingerprint density at radius 1 is 0.943 bits per heavy atom. The minimum atomic E-state index is -0.971. The molecule has 2 N–H and O–H groups in total. The molecule has 1 amide bonds. The third-order valence-electron chi connectivity index (χ3n) is 6.23. The molecule has 1 aliphatic carbocycles. The maximum atomic E-state index is 13.8. The number of carbonyl (C=O) groups is 1. The monoisotopic (exact) mass is 477 g/mol. The van der Waals surface area contributed by atoms with Crippen LogP contribution in [0.2, 0.25) is 0 Å². The van der Waals surface area contributed by atoms with Crippen LogP contribution in [-0.4, -0.2) is 40.8 Å². The van der Waals surface area contributed by atoms with Crippen molar-refractivity contribution in [1.29, 1.82) is 0 Å². The molecule has 0 saturated heterocycles. The second kappa shape index (κ2) is 8.79. The molecular formula is C25H21F2N5O3. The molecule has 35 heavy (non-hydrogen) atoms. The van der Waals surface area contributed by atoms with Crippen LogP contribution in [0.15, 0.2) is 54.6 Å². The van der Waals surface area contributed by atoms with Gasteiger partial charge in [-0.15, -0.1) is 5.10 Å². The molecule has 1 aromatic heterocycles. The second-order valence-electron chi connectivity index (χ2n) is 8.25. The number of hydrogen-bond acceptors (Lipinski definition) is 6. The summed E-state index contributed by atoms with van der Waals surface area (Å²) in [6, 6.07) is 14.5. The van der Waals surface area contributed by atoms with E-state index in [1.807, 2.05) is 18.2 Å². The van der Waals surface area contributed by atoms with E-state index in [0.29, 0.717) is 47.0 Å². The highest BCUT2D eigenvalue weighted by molar-refractivity contribution is 6.02. The number of carbonyl (C=O) groups excluding carboxylic acids is 1. The summed E-state index contributed by atoms with van der Waals surface area (Å²) in [4.78, 5) is 13.2. The van der Waals surface area contributed by atoms with Gasteiger partial charge in [-0.3, -0.25) is 4.79 Å².